The highest BCUT2D eigenvalue weighted by Crippen LogP contribution is 2.54. The molecule has 0 radical (unpaired) electrons. The molecule has 0 atom stereocenters. The molecule has 40 valence electrons. The molecule has 8 heavy (non-hydrogen) atoms. The van der Waals surface area contributed by atoms with Crippen LogP contribution < -0.4 is 4.74 Å². The standard InChI is InChI=1S/C6H4OS/c1-2-4-3-8-6-5(4)7-6/h2-3H,1H2. The molecule has 0 saturated carbocycles. The number of rotatable bonds is 1. The van der Waals surface area contributed by atoms with Crippen molar-refractivity contribution in [3.05, 3.63) is 17.5 Å². The number of hydrogen-bond donors (Lipinski definition) is 0. The maximum Gasteiger partial charge on any atom is 0.224 e. The van der Waals surface area contributed by atoms with Gasteiger partial charge in [-0.1, -0.05) is 12.7 Å². The summed E-state index contributed by atoms with van der Waals surface area (Å²) in [6.07, 6.45) is 1.81. The highest BCUT2D eigenvalue weighted by molar-refractivity contribution is 7.13. The maximum atomic E-state index is 5.01. The van der Waals surface area contributed by atoms with E-state index in [1.165, 1.54) is 0 Å². The lowest BCUT2D eigenvalue weighted by molar-refractivity contribution is 0.655. The van der Waals surface area contributed by atoms with E-state index in [9.17, 15) is 0 Å². The van der Waals surface area contributed by atoms with E-state index in [1.54, 1.807) is 11.3 Å². The second-order valence-electron chi connectivity index (χ2n) is 1.61. The Morgan fingerprint density at radius 1 is 1.75 bits per heavy atom. The summed E-state index contributed by atoms with van der Waals surface area (Å²) < 4.78 is 5.01. The number of hydrogen-bond acceptors (Lipinski definition) is 2. The summed E-state index contributed by atoms with van der Waals surface area (Å²) in [4.78, 5) is 0. The Morgan fingerprint density at radius 3 is 2.88 bits per heavy atom. The number of fused-ring (bicyclic) bond motifs is 1. The lowest BCUT2D eigenvalue weighted by Crippen LogP contribution is -1.57. The van der Waals surface area contributed by atoms with E-state index >= 15 is 0 Å². The Morgan fingerprint density at radius 2 is 2.62 bits per heavy atom. The molecule has 1 aromatic heterocycles. The van der Waals surface area contributed by atoms with Crippen molar-refractivity contribution in [1.29, 1.82) is 0 Å². The van der Waals surface area contributed by atoms with Crippen molar-refractivity contribution in [2.75, 3.05) is 0 Å². The molecule has 0 unspecified atom stereocenters. The third-order valence-corrected chi connectivity index (χ3v) is 1.97. The van der Waals surface area contributed by atoms with Gasteiger partial charge in [0.05, 0.1) is 0 Å². The van der Waals surface area contributed by atoms with Gasteiger partial charge in [-0.05, 0) is 0 Å². The van der Waals surface area contributed by atoms with Crippen LogP contribution in [0.3, 0.4) is 0 Å². The molecule has 1 aliphatic rings. The van der Waals surface area contributed by atoms with E-state index in [2.05, 4.69) is 6.58 Å². The van der Waals surface area contributed by atoms with Crippen molar-refractivity contribution < 1.29 is 4.74 Å². The fourth-order valence-electron chi connectivity index (χ4n) is 0.633. The Bertz CT molecular complexity index is 237. The van der Waals surface area contributed by atoms with Crippen molar-refractivity contribution in [2.24, 2.45) is 0 Å². The average molecular weight is 124 g/mol. The highest BCUT2D eigenvalue weighted by Gasteiger charge is 2.25. The molecule has 0 saturated heterocycles. The van der Waals surface area contributed by atoms with Crippen LogP contribution >= 0.6 is 11.3 Å². The molecule has 0 bridgehead atoms. The Labute approximate surface area is 51.2 Å². The lowest BCUT2D eigenvalue weighted by atomic mass is 10.3. The molecule has 0 aliphatic carbocycles. The molecule has 0 N–H and O–H groups in total. The van der Waals surface area contributed by atoms with Gasteiger partial charge >= 0.3 is 0 Å². The zero-order valence-corrected chi connectivity index (χ0v) is 4.99. The predicted octanol–water partition coefficient (Wildman–Crippen LogP) is 2.50. The van der Waals surface area contributed by atoms with Crippen molar-refractivity contribution in [1.82, 2.24) is 0 Å². The predicted molar refractivity (Wildman–Crippen MR) is 34.5 cm³/mol. The third kappa shape index (κ3) is 0.357. The van der Waals surface area contributed by atoms with Gasteiger partial charge in [0.15, 0.2) is 5.75 Å². The summed E-state index contributed by atoms with van der Waals surface area (Å²) in [5.74, 6) is 1.03. The molecule has 0 spiro atoms. The second kappa shape index (κ2) is 1.14. The van der Waals surface area contributed by atoms with Gasteiger partial charge in [0.1, 0.15) is 0 Å². The first-order valence-corrected chi connectivity index (χ1v) is 3.21. The van der Waals surface area contributed by atoms with Gasteiger partial charge < -0.3 is 4.74 Å². The Kier molecular flexibility index (Phi) is 0.594. The van der Waals surface area contributed by atoms with Crippen LogP contribution in [-0.2, 0) is 0 Å². The van der Waals surface area contributed by atoms with Gasteiger partial charge in [0.2, 0.25) is 5.06 Å². The number of ether oxygens (including phenoxy) is 1. The van der Waals surface area contributed by atoms with Crippen LogP contribution in [0.4, 0.5) is 0 Å². The minimum absolute atomic E-state index is 1.03. The van der Waals surface area contributed by atoms with E-state index in [0.717, 1.165) is 16.4 Å². The average Bonchev–Trinajstić information content (AvgIpc) is 2.46. The van der Waals surface area contributed by atoms with Gasteiger partial charge in [-0.2, -0.15) is 0 Å². The molecule has 2 heteroatoms. The fraction of sp³-hybridized carbons (Fsp3) is 0. The summed E-state index contributed by atoms with van der Waals surface area (Å²) in [6, 6.07) is 0. The van der Waals surface area contributed by atoms with Gasteiger partial charge in [-0.15, -0.1) is 11.3 Å². The van der Waals surface area contributed by atoms with Crippen LogP contribution in [0.1, 0.15) is 5.56 Å². The summed E-state index contributed by atoms with van der Waals surface area (Å²) in [5.41, 5.74) is 1.13. The van der Waals surface area contributed by atoms with E-state index in [0.29, 0.717) is 0 Å². The molecular weight excluding hydrogens is 120 g/mol. The van der Waals surface area contributed by atoms with Crippen molar-refractivity contribution in [3.63, 3.8) is 0 Å². The molecule has 1 aliphatic heterocycles. The first kappa shape index (κ1) is 4.15. The van der Waals surface area contributed by atoms with E-state index in [1.807, 2.05) is 11.5 Å². The van der Waals surface area contributed by atoms with E-state index < -0.39 is 0 Å². The van der Waals surface area contributed by atoms with E-state index in [-0.39, 0.29) is 0 Å². The van der Waals surface area contributed by atoms with Gasteiger partial charge in [0, 0.05) is 10.9 Å². The first-order valence-electron chi connectivity index (χ1n) is 2.33. The SMILES string of the molecule is C=Cc1csc2c1O2. The molecule has 2 heterocycles. The van der Waals surface area contributed by atoms with Crippen LogP contribution in [0.5, 0.6) is 10.8 Å². The molecule has 0 fully saturated rings. The summed E-state index contributed by atoms with van der Waals surface area (Å²) >= 11 is 1.63. The monoisotopic (exact) mass is 124 g/mol. The molecule has 1 nitrogen and oxygen atoms in total. The van der Waals surface area contributed by atoms with E-state index in [4.69, 9.17) is 4.74 Å². The summed E-state index contributed by atoms with van der Waals surface area (Å²) in [6.45, 7) is 3.62. The van der Waals surface area contributed by atoms with Gasteiger partial charge in [0.25, 0.3) is 0 Å². The second-order valence-corrected chi connectivity index (χ2v) is 2.46. The van der Waals surface area contributed by atoms with Crippen LogP contribution in [0.2, 0.25) is 0 Å². The fourth-order valence-corrected chi connectivity index (χ4v) is 1.43. The normalized spacial score (nSPS) is 12.0. The van der Waals surface area contributed by atoms with Crippen LogP contribution in [0.15, 0.2) is 12.0 Å². The summed E-state index contributed by atoms with van der Waals surface area (Å²) in [7, 11) is 0. The molecule has 0 amide bonds. The highest BCUT2D eigenvalue weighted by atomic mass is 32.1. The Hall–Kier alpha value is -0.760. The van der Waals surface area contributed by atoms with Crippen molar-refractivity contribution in [3.8, 4) is 10.8 Å². The quantitative estimate of drug-likeness (QED) is 0.532. The zero-order chi connectivity index (χ0) is 5.56. The minimum Gasteiger partial charge on any atom is -0.437 e. The zero-order valence-electron chi connectivity index (χ0n) is 4.18. The van der Waals surface area contributed by atoms with Crippen LogP contribution in [0, 0.1) is 0 Å². The summed E-state index contributed by atoms with van der Waals surface area (Å²) in [5, 5.41) is 3.10. The van der Waals surface area contributed by atoms with Gasteiger partial charge in [-0.3, -0.25) is 0 Å². The third-order valence-electron chi connectivity index (χ3n) is 1.11. The number of thiophene rings is 1. The van der Waals surface area contributed by atoms with Crippen molar-refractivity contribution in [2.45, 2.75) is 0 Å². The van der Waals surface area contributed by atoms with Crippen LogP contribution in [-0.4, -0.2) is 0 Å². The molecule has 1 aromatic rings. The molecule has 0 aromatic carbocycles. The van der Waals surface area contributed by atoms with Crippen molar-refractivity contribution >= 4 is 17.4 Å². The Balaban J connectivity index is 2.62. The molecular formula is C6H4OS. The first-order chi connectivity index (χ1) is 3.92. The van der Waals surface area contributed by atoms with Crippen LogP contribution in [0.25, 0.3) is 6.08 Å². The maximum absolute atomic E-state index is 5.01. The largest absolute Gasteiger partial charge is 0.437 e. The smallest absolute Gasteiger partial charge is 0.224 e. The minimum atomic E-state index is 1.03. The lowest BCUT2D eigenvalue weighted by Gasteiger charge is -1.77. The van der Waals surface area contributed by atoms with Gasteiger partial charge in [-0.25, -0.2) is 0 Å². The molecule has 2 rings (SSSR count). The topological polar surface area (TPSA) is 12.5 Å².